The summed E-state index contributed by atoms with van der Waals surface area (Å²) in [6.45, 7) is 5.76. The van der Waals surface area contributed by atoms with Crippen molar-refractivity contribution >= 4 is 17.1 Å². The van der Waals surface area contributed by atoms with Crippen LogP contribution in [0.5, 0.6) is 0 Å². The fraction of sp³-hybridized carbons (Fsp3) is 0.733. The van der Waals surface area contributed by atoms with E-state index in [0.717, 1.165) is 17.7 Å². The molecular weight excluding hydrogens is 256 g/mol. The fourth-order valence-electron chi connectivity index (χ4n) is 2.57. The standard InChI is InChI=1S/C15H24N2OS/c1-13-12-16-15(19-13)14(18)8-4-2-5-9-17-10-6-3-7-11-17/h12H,2-11H2,1H3. The molecule has 1 aromatic heterocycles. The van der Waals surface area contributed by atoms with Crippen molar-refractivity contribution in [1.29, 1.82) is 0 Å². The summed E-state index contributed by atoms with van der Waals surface area (Å²) < 4.78 is 0. The number of carbonyl (C=O) groups is 1. The molecule has 106 valence electrons. The molecule has 3 nitrogen and oxygen atoms in total. The molecule has 0 aliphatic carbocycles. The number of piperidine rings is 1. The third-order valence-electron chi connectivity index (χ3n) is 3.69. The van der Waals surface area contributed by atoms with Crippen molar-refractivity contribution in [3.63, 3.8) is 0 Å². The largest absolute Gasteiger partial charge is 0.303 e. The van der Waals surface area contributed by atoms with E-state index in [0.29, 0.717) is 11.4 Å². The number of carbonyl (C=O) groups excluding carboxylic acids is 1. The molecule has 0 bridgehead atoms. The van der Waals surface area contributed by atoms with Crippen LogP contribution in [0.4, 0.5) is 0 Å². The van der Waals surface area contributed by atoms with Gasteiger partial charge in [0.15, 0.2) is 10.8 Å². The van der Waals surface area contributed by atoms with Crippen LogP contribution < -0.4 is 0 Å². The number of likely N-dealkylation sites (tertiary alicyclic amines) is 1. The molecule has 2 rings (SSSR count). The molecule has 19 heavy (non-hydrogen) atoms. The van der Waals surface area contributed by atoms with Crippen LogP contribution in [0.15, 0.2) is 6.20 Å². The number of hydrogen-bond donors (Lipinski definition) is 0. The molecule has 2 heterocycles. The van der Waals surface area contributed by atoms with Crippen LogP contribution in [-0.4, -0.2) is 35.3 Å². The minimum Gasteiger partial charge on any atom is -0.303 e. The van der Waals surface area contributed by atoms with E-state index in [4.69, 9.17) is 0 Å². The van der Waals surface area contributed by atoms with Crippen molar-refractivity contribution < 1.29 is 4.79 Å². The SMILES string of the molecule is Cc1cnc(C(=O)CCCCCN2CCCCC2)s1. The van der Waals surface area contributed by atoms with Crippen LogP contribution in [0, 0.1) is 6.92 Å². The Labute approximate surface area is 120 Å². The van der Waals surface area contributed by atoms with Crippen molar-refractivity contribution in [2.24, 2.45) is 0 Å². The van der Waals surface area contributed by atoms with Gasteiger partial charge < -0.3 is 4.90 Å². The third-order valence-corrected chi connectivity index (χ3v) is 4.64. The number of ketones is 1. The van der Waals surface area contributed by atoms with Crippen LogP contribution >= 0.6 is 11.3 Å². The number of Topliss-reactive ketones (excluding diaryl/α,β-unsaturated/α-hetero) is 1. The highest BCUT2D eigenvalue weighted by atomic mass is 32.1. The molecule has 1 aliphatic heterocycles. The first-order valence-corrected chi connectivity index (χ1v) is 8.25. The second kappa shape index (κ2) is 7.75. The number of thiazole rings is 1. The number of aryl methyl sites for hydroxylation is 1. The fourth-order valence-corrected chi connectivity index (χ4v) is 3.30. The lowest BCUT2D eigenvalue weighted by Crippen LogP contribution is -2.30. The molecule has 1 fully saturated rings. The predicted molar refractivity (Wildman–Crippen MR) is 79.9 cm³/mol. The van der Waals surface area contributed by atoms with Crippen molar-refractivity contribution in [3.05, 3.63) is 16.1 Å². The van der Waals surface area contributed by atoms with E-state index in [1.165, 1.54) is 56.7 Å². The van der Waals surface area contributed by atoms with E-state index in [2.05, 4.69) is 9.88 Å². The van der Waals surface area contributed by atoms with Gasteiger partial charge in [0.2, 0.25) is 0 Å². The van der Waals surface area contributed by atoms with Gasteiger partial charge in [0.25, 0.3) is 0 Å². The Bertz CT molecular complexity index is 397. The van der Waals surface area contributed by atoms with E-state index in [1.54, 1.807) is 6.20 Å². The van der Waals surface area contributed by atoms with Crippen LogP contribution in [0.1, 0.15) is 59.6 Å². The van der Waals surface area contributed by atoms with Crippen molar-refractivity contribution in [2.45, 2.75) is 51.9 Å². The summed E-state index contributed by atoms with van der Waals surface area (Å²) >= 11 is 1.51. The second-order valence-electron chi connectivity index (χ2n) is 5.41. The Hall–Kier alpha value is -0.740. The number of hydrogen-bond acceptors (Lipinski definition) is 4. The maximum Gasteiger partial charge on any atom is 0.191 e. The minimum atomic E-state index is 0.219. The van der Waals surface area contributed by atoms with Gasteiger partial charge in [-0.1, -0.05) is 12.8 Å². The third kappa shape index (κ3) is 5.03. The number of aromatic nitrogens is 1. The molecule has 0 unspecified atom stereocenters. The molecule has 0 spiro atoms. The zero-order chi connectivity index (χ0) is 13.5. The summed E-state index contributed by atoms with van der Waals surface area (Å²) in [7, 11) is 0. The van der Waals surface area contributed by atoms with Crippen molar-refractivity contribution in [2.75, 3.05) is 19.6 Å². The van der Waals surface area contributed by atoms with E-state index in [9.17, 15) is 4.79 Å². The van der Waals surface area contributed by atoms with Gasteiger partial charge in [-0.05, 0) is 52.2 Å². The normalized spacial score (nSPS) is 16.7. The Morgan fingerprint density at radius 3 is 2.74 bits per heavy atom. The highest BCUT2D eigenvalue weighted by Gasteiger charge is 2.11. The Morgan fingerprint density at radius 1 is 1.26 bits per heavy atom. The first-order valence-electron chi connectivity index (χ1n) is 7.44. The highest BCUT2D eigenvalue weighted by molar-refractivity contribution is 7.13. The minimum absolute atomic E-state index is 0.219. The van der Waals surface area contributed by atoms with E-state index < -0.39 is 0 Å². The molecule has 4 heteroatoms. The van der Waals surface area contributed by atoms with Gasteiger partial charge >= 0.3 is 0 Å². The smallest absolute Gasteiger partial charge is 0.191 e. The average Bonchev–Trinajstić information content (AvgIpc) is 2.86. The maximum absolute atomic E-state index is 11.9. The Kier molecular flexibility index (Phi) is 5.98. The first-order chi connectivity index (χ1) is 9.25. The number of rotatable bonds is 7. The van der Waals surface area contributed by atoms with Crippen LogP contribution in [0.3, 0.4) is 0 Å². The summed E-state index contributed by atoms with van der Waals surface area (Å²) in [6, 6.07) is 0. The molecule has 0 atom stereocenters. The second-order valence-corrected chi connectivity index (χ2v) is 6.65. The van der Waals surface area contributed by atoms with Gasteiger partial charge in [-0.3, -0.25) is 4.79 Å². The lowest BCUT2D eigenvalue weighted by Gasteiger charge is -2.26. The maximum atomic E-state index is 11.9. The van der Waals surface area contributed by atoms with Gasteiger partial charge in [-0.25, -0.2) is 4.98 Å². The quantitative estimate of drug-likeness (QED) is 0.564. The molecule has 0 amide bonds. The number of unbranched alkanes of at least 4 members (excludes halogenated alkanes) is 2. The molecule has 0 saturated carbocycles. The summed E-state index contributed by atoms with van der Waals surface area (Å²) in [4.78, 5) is 19.7. The van der Waals surface area contributed by atoms with Gasteiger partial charge in [-0.2, -0.15) is 0 Å². The van der Waals surface area contributed by atoms with Crippen LogP contribution in [0.2, 0.25) is 0 Å². The Balaban J connectivity index is 1.55. The van der Waals surface area contributed by atoms with Crippen molar-refractivity contribution in [3.8, 4) is 0 Å². The average molecular weight is 280 g/mol. The van der Waals surface area contributed by atoms with Crippen molar-refractivity contribution in [1.82, 2.24) is 9.88 Å². The molecule has 0 N–H and O–H groups in total. The van der Waals surface area contributed by atoms with E-state index in [1.807, 2.05) is 6.92 Å². The summed E-state index contributed by atoms with van der Waals surface area (Å²) in [5.74, 6) is 0.219. The van der Waals surface area contributed by atoms with Gasteiger partial charge in [0, 0.05) is 17.5 Å². The molecule has 0 radical (unpaired) electrons. The van der Waals surface area contributed by atoms with E-state index >= 15 is 0 Å². The topological polar surface area (TPSA) is 33.2 Å². The molecule has 1 aliphatic rings. The summed E-state index contributed by atoms with van der Waals surface area (Å²) in [5.41, 5.74) is 0. The Morgan fingerprint density at radius 2 is 2.05 bits per heavy atom. The summed E-state index contributed by atoms with van der Waals surface area (Å²) in [5, 5.41) is 0.688. The van der Waals surface area contributed by atoms with Crippen LogP contribution in [-0.2, 0) is 0 Å². The van der Waals surface area contributed by atoms with Crippen LogP contribution in [0.25, 0.3) is 0 Å². The predicted octanol–water partition coefficient (Wildman–Crippen LogP) is 3.68. The monoisotopic (exact) mass is 280 g/mol. The van der Waals surface area contributed by atoms with Gasteiger partial charge in [0.05, 0.1) is 0 Å². The number of nitrogens with zero attached hydrogens (tertiary/aromatic N) is 2. The lowest BCUT2D eigenvalue weighted by molar-refractivity contribution is 0.0978. The first kappa shape index (κ1) is 14.7. The van der Waals surface area contributed by atoms with E-state index in [-0.39, 0.29) is 5.78 Å². The summed E-state index contributed by atoms with van der Waals surface area (Å²) in [6.07, 6.45) is 9.96. The zero-order valence-electron chi connectivity index (χ0n) is 11.9. The molecule has 1 saturated heterocycles. The lowest BCUT2D eigenvalue weighted by atomic mass is 10.1. The molecular formula is C15H24N2OS. The highest BCUT2D eigenvalue weighted by Crippen LogP contribution is 2.15. The van der Waals surface area contributed by atoms with Gasteiger partial charge in [0.1, 0.15) is 0 Å². The molecule has 1 aromatic rings. The van der Waals surface area contributed by atoms with Gasteiger partial charge in [-0.15, -0.1) is 11.3 Å². The zero-order valence-corrected chi connectivity index (χ0v) is 12.7. The molecule has 0 aromatic carbocycles.